The van der Waals surface area contributed by atoms with Gasteiger partial charge in [0.05, 0.1) is 0 Å². The Kier molecular flexibility index (Phi) is 6.06. The normalized spacial score (nSPS) is 11.2. The number of nitrogens with zero attached hydrogens (tertiary/aromatic N) is 2. The summed E-state index contributed by atoms with van der Waals surface area (Å²) in [4.78, 5) is 39.8. The number of para-hydroxylation sites is 1. The Morgan fingerprint density at radius 1 is 0.857 bits per heavy atom. The largest absolute Gasteiger partial charge is 0.449 e. The summed E-state index contributed by atoms with van der Waals surface area (Å²) in [5, 5.41) is 3.47. The molecule has 35 heavy (non-hydrogen) atoms. The lowest BCUT2D eigenvalue weighted by atomic mass is 10.1. The van der Waals surface area contributed by atoms with Gasteiger partial charge in [-0.25, -0.2) is 4.79 Å². The molecule has 0 aliphatic rings. The number of aromatic nitrogens is 2. The van der Waals surface area contributed by atoms with Crippen molar-refractivity contribution in [2.45, 2.75) is 32.9 Å². The number of benzene rings is 3. The molecule has 7 heteroatoms. The zero-order chi connectivity index (χ0) is 24.4. The zero-order valence-corrected chi connectivity index (χ0v) is 19.4. The molecule has 0 saturated carbocycles. The third kappa shape index (κ3) is 4.40. The summed E-state index contributed by atoms with van der Waals surface area (Å²) in [6.07, 6.45) is 1.40. The molecule has 5 rings (SSSR count). The van der Waals surface area contributed by atoms with E-state index < -0.39 is 11.2 Å². The van der Waals surface area contributed by atoms with Gasteiger partial charge in [0.15, 0.2) is 0 Å². The van der Waals surface area contributed by atoms with Gasteiger partial charge in [-0.05, 0) is 48.2 Å². The summed E-state index contributed by atoms with van der Waals surface area (Å²) in [5.74, 6) is -0.365. The van der Waals surface area contributed by atoms with Crippen LogP contribution in [-0.4, -0.2) is 15.0 Å². The van der Waals surface area contributed by atoms with E-state index in [0.717, 1.165) is 22.1 Å². The number of amides is 1. The molecule has 0 bridgehead atoms. The second kappa shape index (κ2) is 9.46. The SMILES string of the molecule is CCc1ccc(NC(=O)Cn2c(=O)n(CCc3ccccc3)c(=O)c3oc4ccccc4c32)cc1. The van der Waals surface area contributed by atoms with Crippen LogP contribution in [0, 0.1) is 0 Å². The Morgan fingerprint density at radius 2 is 1.57 bits per heavy atom. The first-order valence-corrected chi connectivity index (χ1v) is 11.6. The lowest BCUT2D eigenvalue weighted by Crippen LogP contribution is -2.41. The van der Waals surface area contributed by atoms with Crippen molar-refractivity contribution < 1.29 is 9.21 Å². The lowest BCUT2D eigenvalue weighted by molar-refractivity contribution is -0.116. The van der Waals surface area contributed by atoms with Crippen LogP contribution in [0.25, 0.3) is 22.1 Å². The Labute approximate surface area is 201 Å². The minimum absolute atomic E-state index is 0.0685. The highest BCUT2D eigenvalue weighted by Gasteiger charge is 2.21. The fourth-order valence-electron chi connectivity index (χ4n) is 4.29. The van der Waals surface area contributed by atoms with E-state index in [1.54, 1.807) is 18.2 Å². The quantitative estimate of drug-likeness (QED) is 0.386. The molecular formula is C28H25N3O4. The number of hydrogen-bond acceptors (Lipinski definition) is 4. The van der Waals surface area contributed by atoms with Crippen LogP contribution >= 0.6 is 0 Å². The van der Waals surface area contributed by atoms with E-state index in [1.807, 2.05) is 60.7 Å². The highest BCUT2D eigenvalue weighted by atomic mass is 16.3. The van der Waals surface area contributed by atoms with Gasteiger partial charge in [-0.15, -0.1) is 0 Å². The summed E-state index contributed by atoms with van der Waals surface area (Å²) in [7, 11) is 0. The molecule has 5 aromatic rings. The summed E-state index contributed by atoms with van der Waals surface area (Å²) >= 11 is 0. The Morgan fingerprint density at radius 3 is 2.31 bits per heavy atom. The van der Waals surface area contributed by atoms with E-state index in [4.69, 9.17) is 4.42 Å². The number of furan rings is 1. The third-order valence-electron chi connectivity index (χ3n) is 6.15. The van der Waals surface area contributed by atoms with Crippen LogP contribution in [0.2, 0.25) is 0 Å². The minimum Gasteiger partial charge on any atom is -0.449 e. The molecule has 0 aliphatic heterocycles. The van der Waals surface area contributed by atoms with Crippen molar-refractivity contribution in [2.75, 3.05) is 5.32 Å². The molecule has 0 fully saturated rings. The molecule has 176 valence electrons. The average molecular weight is 468 g/mol. The molecule has 0 unspecified atom stereocenters. The van der Waals surface area contributed by atoms with Gasteiger partial charge in [0.25, 0.3) is 5.56 Å². The zero-order valence-electron chi connectivity index (χ0n) is 19.4. The second-order valence-electron chi connectivity index (χ2n) is 8.44. The van der Waals surface area contributed by atoms with Crippen molar-refractivity contribution in [3.63, 3.8) is 0 Å². The Hall–Kier alpha value is -4.39. The lowest BCUT2D eigenvalue weighted by Gasteiger charge is -2.12. The second-order valence-corrected chi connectivity index (χ2v) is 8.44. The third-order valence-corrected chi connectivity index (χ3v) is 6.15. The van der Waals surface area contributed by atoms with Crippen molar-refractivity contribution in [3.05, 3.63) is 111 Å². The number of rotatable bonds is 7. The van der Waals surface area contributed by atoms with Crippen molar-refractivity contribution in [3.8, 4) is 0 Å². The molecular weight excluding hydrogens is 442 g/mol. The van der Waals surface area contributed by atoms with Crippen molar-refractivity contribution in [1.82, 2.24) is 9.13 Å². The highest BCUT2D eigenvalue weighted by Crippen LogP contribution is 2.25. The molecule has 0 saturated heterocycles. The number of carbonyl (C=O) groups is 1. The fraction of sp³-hybridized carbons (Fsp3) is 0.179. The maximum Gasteiger partial charge on any atom is 0.332 e. The van der Waals surface area contributed by atoms with E-state index in [9.17, 15) is 14.4 Å². The molecule has 2 heterocycles. The average Bonchev–Trinajstić information content (AvgIpc) is 3.27. The molecule has 1 amide bonds. The van der Waals surface area contributed by atoms with Crippen molar-refractivity contribution in [1.29, 1.82) is 0 Å². The predicted molar refractivity (Wildman–Crippen MR) is 137 cm³/mol. The van der Waals surface area contributed by atoms with Crippen LogP contribution in [0.1, 0.15) is 18.1 Å². The number of anilines is 1. The maximum atomic E-state index is 13.5. The van der Waals surface area contributed by atoms with Gasteiger partial charge in [-0.2, -0.15) is 0 Å². The molecule has 0 radical (unpaired) electrons. The molecule has 0 aliphatic carbocycles. The minimum atomic E-state index is -0.540. The highest BCUT2D eigenvalue weighted by molar-refractivity contribution is 6.03. The van der Waals surface area contributed by atoms with Gasteiger partial charge >= 0.3 is 5.69 Å². The van der Waals surface area contributed by atoms with Crippen LogP contribution in [0.15, 0.2) is 92.9 Å². The van der Waals surface area contributed by atoms with Gasteiger partial charge in [-0.3, -0.25) is 18.7 Å². The van der Waals surface area contributed by atoms with E-state index in [0.29, 0.717) is 28.6 Å². The molecule has 2 aromatic heterocycles. The van der Waals surface area contributed by atoms with Gasteiger partial charge in [0.2, 0.25) is 11.5 Å². The maximum absolute atomic E-state index is 13.5. The first kappa shape index (κ1) is 22.4. The smallest absolute Gasteiger partial charge is 0.332 e. The number of carbonyl (C=O) groups excluding carboxylic acids is 1. The predicted octanol–water partition coefficient (Wildman–Crippen LogP) is 4.35. The molecule has 3 aromatic carbocycles. The summed E-state index contributed by atoms with van der Waals surface area (Å²) in [5.41, 5.74) is 2.67. The van der Waals surface area contributed by atoms with E-state index >= 15 is 0 Å². The van der Waals surface area contributed by atoms with E-state index in [-0.39, 0.29) is 24.6 Å². The number of nitrogens with one attached hydrogen (secondary N) is 1. The van der Waals surface area contributed by atoms with Crippen LogP contribution in [0.4, 0.5) is 5.69 Å². The van der Waals surface area contributed by atoms with Gasteiger partial charge in [0, 0.05) is 17.6 Å². The van der Waals surface area contributed by atoms with Gasteiger partial charge in [-0.1, -0.05) is 61.5 Å². The first-order valence-electron chi connectivity index (χ1n) is 11.6. The molecule has 0 atom stereocenters. The number of aryl methyl sites for hydroxylation is 2. The standard InChI is InChI=1S/C28H25N3O4/c1-2-19-12-14-21(15-13-19)29-24(32)18-31-25-22-10-6-7-11-23(22)35-26(25)27(33)30(28(31)34)17-16-20-8-4-3-5-9-20/h3-15H,2,16-18H2,1H3,(H,29,32). The molecule has 7 nitrogen and oxygen atoms in total. The summed E-state index contributed by atoms with van der Waals surface area (Å²) in [6.45, 7) is 1.99. The Bertz CT molecular complexity index is 1630. The van der Waals surface area contributed by atoms with Crippen LogP contribution in [-0.2, 0) is 30.7 Å². The first-order chi connectivity index (χ1) is 17.0. The van der Waals surface area contributed by atoms with Crippen molar-refractivity contribution >= 4 is 33.7 Å². The summed E-state index contributed by atoms with van der Waals surface area (Å²) in [6, 6.07) is 24.3. The molecule has 0 spiro atoms. The van der Waals surface area contributed by atoms with Gasteiger partial charge in [0.1, 0.15) is 17.6 Å². The summed E-state index contributed by atoms with van der Waals surface area (Å²) < 4.78 is 8.36. The van der Waals surface area contributed by atoms with E-state index in [2.05, 4.69) is 12.2 Å². The topological polar surface area (TPSA) is 86.2 Å². The van der Waals surface area contributed by atoms with Crippen LogP contribution < -0.4 is 16.6 Å². The number of hydrogen-bond donors (Lipinski definition) is 1. The van der Waals surface area contributed by atoms with Crippen LogP contribution in [0.5, 0.6) is 0 Å². The van der Waals surface area contributed by atoms with Crippen molar-refractivity contribution in [2.24, 2.45) is 0 Å². The van der Waals surface area contributed by atoms with E-state index in [1.165, 1.54) is 4.57 Å². The number of fused-ring (bicyclic) bond motifs is 3. The fourth-order valence-corrected chi connectivity index (χ4v) is 4.29. The molecule has 1 N–H and O–H groups in total. The van der Waals surface area contributed by atoms with Gasteiger partial charge < -0.3 is 9.73 Å². The Balaban J connectivity index is 1.56. The van der Waals surface area contributed by atoms with Crippen LogP contribution in [0.3, 0.4) is 0 Å². The monoisotopic (exact) mass is 467 g/mol.